The molecule has 1 aliphatic carbocycles. The van der Waals surface area contributed by atoms with Crippen LogP contribution in [0.2, 0.25) is 0 Å². The molecule has 3 heteroatoms. The first-order valence-electron chi connectivity index (χ1n) is 6.89. The summed E-state index contributed by atoms with van der Waals surface area (Å²) in [5.41, 5.74) is 6.76. The Hall–Kier alpha value is -0.540. The van der Waals surface area contributed by atoms with E-state index in [0.29, 0.717) is 18.6 Å². The van der Waals surface area contributed by atoms with Crippen LogP contribution in [0.3, 0.4) is 0 Å². The third-order valence-electron chi connectivity index (χ3n) is 3.87. The standard InChI is InChI=1S/C15H22BrNO/c1-2-12-5-3-4-6-14(12)18-15-8-7-11(10-17)9-13(15)16/h7-9,12,14H,2-6,10,17H2,1H3. The molecule has 18 heavy (non-hydrogen) atoms. The van der Waals surface area contributed by atoms with E-state index < -0.39 is 0 Å². The highest BCUT2D eigenvalue weighted by Crippen LogP contribution is 2.33. The van der Waals surface area contributed by atoms with E-state index in [2.05, 4.69) is 28.9 Å². The first-order valence-corrected chi connectivity index (χ1v) is 7.69. The van der Waals surface area contributed by atoms with Crippen LogP contribution in [0.25, 0.3) is 0 Å². The second kappa shape index (κ2) is 6.58. The maximum absolute atomic E-state index is 6.20. The summed E-state index contributed by atoms with van der Waals surface area (Å²) in [6, 6.07) is 6.14. The lowest BCUT2D eigenvalue weighted by Gasteiger charge is -2.31. The fraction of sp³-hybridized carbons (Fsp3) is 0.600. The lowest BCUT2D eigenvalue weighted by Crippen LogP contribution is -2.30. The highest BCUT2D eigenvalue weighted by atomic mass is 79.9. The number of ether oxygens (including phenoxy) is 1. The zero-order chi connectivity index (χ0) is 13.0. The van der Waals surface area contributed by atoms with Crippen molar-refractivity contribution in [3.8, 4) is 5.75 Å². The van der Waals surface area contributed by atoms with Crippen molar-refractivity contribution in [2.75, 3.05) is 0 Å². The molecule has 2 nitrogen and oxygen atoms in total. The van der Waals surface area contributed by atoms with E-state index in [1.54, 1.807) is 0 Å². The van der Waals surface area contributed by atoms with Crippen molar-refractivity contribution in [3.05, 3.63) is 28.2 Å². The van der Waals surface area contributed by atoms with Crippen molar-refractivity contribution in [2.45, 2.75) is 51.7 Å². The second-order valence-corrected chi connectivity index (χ2v) is 5.93. The predicted molar refractivity (Wildman–Crippen MR) is 78.7 cm³/mol. The molecular formula is C15H22BrNO. The smallest absolute Gasteiger partial charge is 0.133 e. The molecule has 1 saturated carbocycles. The molecule has 0 bridgehead atoms. The number of hydrogen-bond donors (Lipinski definition) is 1. The zero-order valence-electron chi connectivity index (χ0n) is 11.0. The summed E-state index contributed by atoms with van der Waals surface area (Å²) in [4.78, 5) is 0. The SMILES string of the molecule is CCC1CCCCC1Oc1ccc(CN)cc1Br. The maximum atomic E-state index is 6.20. The molecule has 0 aromatic heterocycles. The fourth-order valence-corrected chi connectivity index (χ4v) is 3.25. The van der Waals surface area contributed by atoms with Gasteiger partial charge in [-0.15, -0.1) is 0 Å². The lowest BCUT2D eigenvalue weighted by molar-refractivity contribution is 0.0896. The summed E-state index contributed by atoms with van der Waals surface area (Å²) in [5.74, 6) is 1.66. The molecule has 0 radical (unpaired) electrons. The van der Waals surface area contributed by atoms with Crippen LogP contribution in [-0.4, -0.2) is 6.10 Å². The van der Waals surface area contributed by atoms with Gasteiger partial charge in [-0.25, -0.2) is 0 Å². The van der Waals surface area contributed by atoms with E-state index in [1.165, 1.54) is 32.1 Å². The van der Waals surface area contributed by atoms with Gasteiger partial charge in [0.05, 0.1) is 4.47 Å². The molecule has 2 rings (SSSR count). The molecular weight excluding hydrogens is 290 g/mol. The molecule has 0 amide bonds. The first-order chi connectivity index (χ1) is 8.74. The van der Waals surface area contributed by atoms with E-state index in [0.717, 1.165) is 15.8 Å². The van der Waals surface area contributed by atoms with Gasteiger partial charge in [0.15, 0.2) is 0 Å². The van der Waals surface area contributed by atoms with E-state index in [4.69, 9.17) is 10.5 Å². The van der Waals surface area contributed by atoms with Crippen molar-refractivity contribution in [3.63, 3.8) is 0 Å². The van der Waals surface area contributed by atoms with Crippen LogP contribution < -0.4 is 10.5 Å². The van der Waals surface area contributed by atoms with E-state index in [-0.39, 0.29) is 0 Å². The van der Waals surface area contributed by atoms with Crippen molar-refractivity contribution in [1.82, 2.24) is 0 Å². The molecule has 1 aliphatic rings. The quantitative estimate of drug-likeness (QED) is 0.902. The molecule has 2 N–H and O–H groups in total. The van der Waals surface area contributed by atoms with Crippen LogP contribution >= 0.6 is 15.9 Å². The van der Waals surface area contributed by atoms with Crippen molar-refractivity contribution >= 4 is 15.9 Å². The topological polar surface area (TPSA) is 35.2 Å². The van der Waals surface area contributed by atoms with Crippen LogP contribution in [0.4, 0.5) is 0 Å². The van der Waals surface area contributed by atoms with Crippen LogP contribution in [0.15, 0.2) is 22.7 Å². The molecule has 0 heterocycles. The van der Waals surface area contributed by atoms with Crippen molar-refractivity contribution in [2.24, 2.45) is 11.7 Å². The summed E-state index contributed by atoms with van der Waals surface area (Å²) in [7, 11) is 0. The summed E-state index contributed by atoms with van der Waals surface area (Å²) in [6.45, 7) is 2.83. The van der Waals surface area contributed by atoms with Crippen molar-refractivity contribution < 1.29 is 4.74 Å². The number of hydrogen-bond acceptors (Lipinski definition) is 2. The lowest BCUT2D eigenvalue weighted by atomic mass is 9.85. The average Bonchev–Trinajstić information content (AvgIpc) is 2.41. The Morgan fingerprint density at radius 3 is 2.78 bits per heavy atom. The molecule has 2 atom stereocenters. The Morgan fingerprint density at radius 2 is 2.11 bits per heavy atom. The van der Waals surface area contributed by atoms with Crippen LogP contribution in [-0.2, 0) is 6.54 Å². The summed E-state index contributed by atoms with van der Waals surface area (Å²) < 4.78 is 7.22. The first kappa shape index (κ1) is 13.9. The third kappa shape index (κ3) is 3.27. The summed E-state index contributed by atoms with van der Waals surface area (Å²) in [5, 5.41) is 0. The summed E-state index contributed by atoms with van der Waals surface area (Å²) in [6.07, 6.45) is 6.72. The van der Waals surface area contributed by atoms with Gasteiger partial charge in [-0.2, -0.15) is 0 Å². The second-order valence-electron chi connectivity index (χ2n) is 5.08. The minimum atomic E-state index is 0.378. The van der Waals surface area contributed by atoms with Gasteiger partial charge in [0.2, 0.25) is 0 Å². The predicted octanol–water partition coefficient (Wildman–Crippen LogP) is 4.26. The molecule has 1 aromatic rings. The van der Waals surface area contributed by atoms with Gasteiger partial charge < -0.3 is 10.5 Å². The van der Waals surface area contributed by atoms with Gasteiger partial charge in [-0.05, 0) is 65.2 Å². The van der Waals surface area contributed by atoms with E-state index >= 15 is 0 Å². The zero-order valence-corrected chi connectivity index (χ0v) is 12.6. The maximum Gasteiger partial charge on any atom is 0.133 e. The van der Waals surface area contributed by atoms with E-state index in [1.807, 2.05) is 12.1 Å². The van der Waals surface area contributed by atoms with Gasteiger partial charge >= 0.3 is 0 Å². The highest BCUT2D eigenvalue weighted by Gasteiger charge is 2.25. The average molecular weight is 312 g/mol. The van der Waals surface area contributed by atoms with Gasteiger partial charge in [-0.3, -0.25) is 0 Å². The molecule has 0 spiro atoms. The van der Waals surface area contributed by atoms with E-state index in [9.17, 15) is 0 Å². The Bertz CT molecular complexity index is 394. The Balaban J connectivity index is 2.07. The molecule has 1 aromatic carbocycles. The van der Waals surface area contributed by atoms with Crippen LogP contribution in [0.1, 0.15) is 44.6 Å². The molecule has 2 unspecified atom stereocenters. The molecule has 0 saturated heterocycles. The number of nitrogens with two attached hydrogens (primary N) is 1. The van der Waals surface area contributed by atoms with Crippen LogP contribution in [0.5, 0.6) is 5.75 Å². The molecule has 1 fully saturated rings. The Kier molecular flexibility index (Phi) is 5.07. The molecule has 0 aliphatic heterocycles. The normalized spacial score (nSPS) is 23.9. The molecule has 100 valence electrons. The minimum absolute atomic E-state index is 0.378. The number of rotatable bonds is 4. The van der Waals surface area contributed by atoms with Gasteiger partial charge in [0.25, 0.3) is 0 Å². The van der Waals surface area contributed by atoms with Gasteiger partial charge in [0.1, 0.15) is 11.9 Å². The van der Waals surface area contributed by atoms with Gasteiger partial charge in [0, 0.05) is 6.54 Å². The Morgan fingerprint density at radius 1 is 1.33 bits per heavy atom. The minimum Gasteiger partial charge on any atom is -0.489 e. The highest BCUT2D eigenvalue weighted by molar-refractivity contribution is 9.10. The fourth-order valence-electron chi connectivity index (χ4n) is 2.73. The summed E-state index contributed by atoms with van der Waals surface area (Å²) >= 11 is 3.58. The third-order valence-corrected chi connectivity index (χ3v) is 4.49. The van der Waals surface area contributed by atoms with Gasteiger partial charge in [-0.1, -0.05) is 19.4 Å². The monoisotopic (exact) mass is 311 g/mol. The number of benzene rings is 1. The van der Waals surface area contributed by atoms with Crippen LogP contribution in [0, 0.1) is 5.92 Å². The largest absolute Gasteiger partial charge is 0.489 e. The number of halogens is 1. The van der Waals surface area contributed by atoms with Crippen molar-refractivity contribution in [1.29, 1.82) is 0 Å². The Labute approximate surface area is 118 Å².